The average molecular weight is 448 g/mol. The highest BCUT2D eigenvalue weighted by atomic mass is 32.2. The van der Waals surface area contributed by atoms with Gasteiger partial charge in [0.05, 0.1) is 11.4 Å². The summed E-state index contributed by atoms with van der Waals surface area (Å²) in [6.45, 7) is 3.40. The monoisotopic (exact) mass is 447 g/mol. The minimum atomic E-state index is -2.99. The highest BCUT2D eigenvalue weighted by Gasteiger charge is 2.17. The van der Waals surface area contributed by atoms with Crippen LogP contribution in [0, 0.1) is 0 Å². The summed E-state index contributed by atoms with van der Waals surface area (Å²) < 4.78 is 30.7. The molecule has 2 aromatic carbocycles. The van der Waals surface area contributed by atoms with Crippen molar-refractivity contribution in [3.63, 3.8) is 0 Å². The number of nitrogens with one attached hydrogen (secondary N) is 1. The number of hydrogen-bond acceptors (Lipinski definition) is 6. The topological polar surface area (TPSA) is 95.1 Å². The van der Waals surface area contributed by atoms with Crippen LogP contribution in [0.25, 0.3) is 11.4 Å². The highest BCUT2D eigenvalue weighted by molar-refractivity contribution is 7.99. The molecule has 1 amide bonds. The fraction of sp³-hybridized carbons (Fsp3) is 0.286. The van der Waals surface area contributed by atoms with Gasteiger partial charge in [-0.05, 0) is 23.1 Å². The van der Waals surface area contributed by atoms with Crippen LogP contribution >= 0.6 is 11.8 Å². The van der Waals surface area contributed by atoms with Crippen molar-refractivity contribution in [3.05, 3.63) is 54.1 Å². The van der Waals surface area contributed by atoms with Crippen molar-refractivity contribution in [3.8, 4) is 17.1 Å². The second-order valence-corrected chi connectivity index (χ2v) is 8.66. The van der Waals surface area contributed by atoms with Gasteiger partial charge in [0.15, 0.2) is 5.82 Å². The number of nitrogen functional groups attached to an aromatic ring is 1. The Labute approximate surface area is 183 Å². The van der Waals surface area contributed by atoms with Crippen molar-refractivity contribution in [1.29, 1.82) is 0 Å². The van der Waals surface area contributed by atoms with Crippen LogP contribution in [-0.2, 0) is 10.2 Å². The van der Waals surface area contributed by atoms with Crippen LogP contribution in [-0.4, -0.2) is 33.1 Å². The van der Waals surface area contributed by atoms with Crippen LogP contribution in [0.1, 0.15) is 26.3 Å². The van der Waals surface area contributed by atoms with Gasteiger partial charge < -0.3 is 15.9 Å². The van der Waals surface area contributed by atoms with E-state index in [1.54, 1.807) is 6.07 Å². The number of nitrogens with two attached hydrogens (primary N) is 1. The van der Waals surface area contributed by atoms with Gasteiger partial charge in [-0.15, -0.1) is 10.2 Å². The molecule has 0 aliphatic carbocycles. The highest BCUT2D eigenvalue weighted by Crippen LogP contribution is 2.28. The summed E-state index contributed by atoms with van der Waals surface area (Å²) >= 11 is 1.08. The lowest BCUT2D eigenvalue weighted by Crippen LogP contribution is -2.17. The van der Waals surface area contributed by atoms with Gasteiger partial charge in [-0.2, -0.15) is 8.78 Å². The fourth-order valence-electron chi connectivity index (χ4n) is 2.78. The van der Waals surface area contributed by atoms with E-state index in [0.717, 1.165) is 17.3 Å². The largest absolute Gasteiger partial charge is 0.433 e. The molecule has 0 aliphatic rings. The van der Waals surface area contributed by atoms with Gasteiger partial charge in [-0.25, -0.2) is 4.68 Å². The lowest BCUT2D eigenvalue weighted by Gasteiger charge is -2.19. The Kier molecular flexibility index (Phi) is 6.79. The zero-order chi connectivity index (χ0) is 22.6. The normalized spacial score (nSPS) is 11.5. The first-order chi connectivity index (χ1) is 14.6. The van der Waals surface area contributed by atoms with Gasteiger partial charge in [0.1, 0.15) is 5.75 Å². The zero-order valence-corrected chi connectivity index (χ0v) is 18.1. The molecule has 0 fully saturated rings. The molecule has 0 saturated carbocycles. The number of carbonyl (C=O) groups is 1. The van der Waals surface area contributed by atoms with Gasteiger partial charge in [0.2, 0.25) is 11.1 Å². The summed E-state index contributed by atoms with van der Waals surface area (Å²) in [4.78, 5) is 12.3. The van der Waals surface area contributed by atoms with E-state index in [4.69, 9.17) is 5.84 Å². The molecule has 7 nitrogen and oxygen atoms in total. The number of thioether (sulfide) groups is 1. The molecule has 0 aliphatic heterocycles. The molecule has 1 heterocycles. The lowest BCUT2D eigenvalue weighted by atomic mass is 9.87. The molecule has 3 N–H and O–H groups in total. The first-order valence-electron chi connectivity index (χ1n) is 9.43. The minimum Gasteiger partial charge on any atom is -0.433 e. The third kappa shape index (κ3) is 5.72. The van der Waals surface area contributed by atoms with E-state index in [9.17, 15) is 13.6 Å². The molecule has 10 heteroatoms. The molecule has 31 heavy (non-hydrogen) atoms. The van der Waals surface area contributed by atoms with Crippen molar-refractivity contribution in [2.45, 2.75) is 38.0 Å². The van der Waals surface area contributed by atoms with Crippen LogP contribution in [0.5, 0.6) is 5.75 Å². The molecule has 3 aromatic rings. The number of aromatic nitrogens is 3. The summed E-state index contributed by atoms with van der Waals surface area (Å²) in [6, 6.07) is 13.9. The maximum absolute atomic E-state index is 12.5. The second-order valence-electron chi connectivity index (χ2n) is 7.72. The number of hydrogen-bond donors (Lipinski definition) is 2. The van der Waals surface area contributed by atoms with Crippen molar-refractivity contribution in [2.75, 3.05) is 16.9 Å². The standard InChI is InChI=1S/C21H23F2N5O2S/c1-21(2,3)14-10-8-13(9-11-14)18-26-27-20(28(18)24)31-12-17(29)25-15-6-4-5-7-16(15)30-19(22)23/h4-11,19H,12,24H2,1-3H3,(H,25,29). The Balaban J connectivity index is 1.65. The van der Waals surface area contributed by atoms with Gasteiger partial charge in [-0.3, -0.25) is 4.79 Å². The molecule has 0 unspecified atom stereocenters. The van der Waals surface area contributed by atoms with E-state index in [1.165, 1.54) is 28.4 Å². The van der Waals surface area contributed by atoms with Crippen LogP contribution in [0.4, 0.5) is 14.5 Å². The van der Waals surface area contributed by atoms with Crippen LogP contribution in [0.15, 0.2) is 53.7 Å². The van der Waals surface area contributed by atoms with Crippen molar-refractivity contribution >= 4 is 23.4 Å². The summed E-state index contributed by atoms with van der Waals surface area (Å²) in [5.74, 6) is 6.01. The Morgan fingerprint density at radius 2 is 1.84 bits per heavy atom. The first kappa shape index (κ1) is 22.5. The molecule has 0 saturated heterocycles. The molecular formula is C21H23F2N5O2S. The maximum atomic E-state index is 12.5. The third-order valence-electron chi connectivity index (χ3n) is 4.38. The summed E-state index contributed by atoms with van der Waals surface area (Å²) in [5, 5.41) is 11.1. The number of alkyl halides is 2. The van der Waals surface area contributed by atoms with E-state index in [2.05, 4.69) is 41.0 Å². The summed E-state index contributed by atoms with van der Waals surface area (Å²) in [6.07, 6.45) is 0. The Bertz CT molecular complexity index is 1050. The van der Waals surface area contributed by atoms with E-state index < -0.39 is 12.5 Å². The molecule has 164 valence electrons. The fourth-order valence-corrected chi connectivity index (χ4v) is 3.43. The summed E-state index contributed by atoms with van der Waals surface area (Å²) in [7, 11) is 0. The van der Waals surface area contributed by atoms with Crippen molar-refractivity contribution < 1.29 is 18.3 Å². The molecule has 0 atom stereocenters. The predicted octanol–water partition coefficient (Wildman–Crippen LogP) is 4.29. The number of anilines is 1. The van der Waals surface area contributed by atoms with Gasteiger partial charge in [0.25, 0.3) is 0 Å². The number of amides is 1. The molecular weight excluding hydrogens is 424 g/mol. The SMILES string of the molecule is CC(C)(C)c1ccc(-c2nnc(SCC(=O)Nc3ccccc3OC(F)F)n2N)cc1. The number of nitrogens with zero attached hydrogens (tertiary/aromatic N) is 3. The van der Waals surface area contributed by atoms with Gasteiger partial charge in [0, 0.05) is 5.56 Å². The molecule has 0 bridgehead atoms. The van der Waals surface area contributed by atoms with Crippen molar-refractivity contribution in [1.82, 2.24) is 14.9 Å². The number of benzene rings is 2. The van der Waals surface area contributed by atoms with Gasteiger partial charge in [-0.1, -0.05) is 68.9 Å². The number of ether oxygens (including phenoxy) is 1. The predicted molar refractivity (Wildman–Crippen MR) is 117 cm³/mol. The number of carbonyl (C=O) groups excluding carboxylic acids is 1. The third-order valence-corrected chi connectivity index (χ3v) is 5.33. The quantitative estimate of drug-likeness (QED) is 0.414. The van der Waals surface area contributed by atoms with E-state index in [-0.39, 0.29) is 22.6 Å². The summed E-state index contributed by atoms with van der Waals surface area (Å²) in [5.41, 5.74) is 2.17. The van der Waals surface area contributed by atoms with Gasteiger partial charge >= 0.3 is 6.61 Å². The van der Waals surface area contributed by atoms with E-state index >= 15 is 0 Å². The molecule has 1 aromatic heterocycles. The van der Waals surface area contributed by atoms with Crippen LogP contribution in [0.2, 0.25) is 0 Å². The van der Waals surface area contributed by atoms with Crippen molar-refractivity contribution in [2.24, 2.45) is 0 Å². The molecule has 0 radical (unpaired) electrons. The Morgan fingerprint density at radius 3 is 2.48 bits per heavy atom. The zero-order valence-electron chi connectivity index (χ0n) is 17.3. The Hall–Kier alpha value is -3.14. The Morgan fingerprint density at radius 1 is 1.16 bits per heavy atom. The van der Waals surface area contributed by atoms with Crippen LogP contribution in [0.3, 0.4) is 0 Å². The molecule has 0 spiro atoms. The second kappa shape index (κ2) is 9.34. The van der Waals surface area contributed by atoms with E-state index in [0.29, 0.717) is 11.0 Å². The van der Waals surface area contributed by atoms with E-state index in [1.807, 2.05) is 24.3 Å². The lowest BCUT2D eigenvalue weighted by molar-refractivity contribution is -0.113. The first-order valence-corrected chi connectivity index (χ1v) is 10.4. The number of para-hydroxylation sites is 2. The maximum Gasteiger partial charge on any atom is 0.387 e. The van der Waals surface area contributed by atoms with Crippen LogP contribution < -0.4 is 15.9 Å². The minimum absolute atomic E-state index is 0.0300. The smallest absolute Gasteiger partial charge is 0.387 e. The molecule has 3 rings (SSSR count). The number of rotatable bonds is 7. The number of halogens is 2. The average Bonchev–Trinajstić information content (AvgIpc) is 3.07.